The fourth-order valence-electron chi connectivity index (χ4n) is 1.19. The third-order valence-electron chi connectivity index (χ3n) is 2.12. The fraction of sp³-hybridized carbons (Fsp3) is 0.417. The third-order valence-corrected chi connectivity index (χ3v) is 2.48. The molecular formula is C12H17NO2S. The van der Waals surface area contributed by atoms with Crippen LogP contribution in [0.25, 0.3) is 0 Å². The van der Waals surface area contributed by atoms with Gasteiger partial charge >= 0.3 is 0 Å². The van der Waals surface area contributed by atoms with Crippen molar-refractivity contribution in [2.24, 2.45) is 0 Å². The van der Waals surface area contributed by atoms with Crippen LogP contribution in [0.2, 0.25) is 0 Å². The standard InChI is InChI=1S/C12H17NO2S/c1-13(2)11(14)8-9-12(16)15-10-6-4-3-5-7-10/h3-7,12,16H,8-9H2,1-2H3. The van der Waals surface area contributed by atoms with E-state index < -0.39 is 0 Å². The molecule has 1 aromatic carbocycles. The van der Waals surface area contributed by atoms with Crippen molar-refractivity contribution in [3.63, 3.8) is 0 Å². The number of rotatable bonds is 5. The first kappa shape index (κ1) is 12.9. The summed E-state index contributed by atoms with van der Waals surface area (Å²) in [5.41, 5.74) is -0.244. The maximum Gasteiger partial charge on any atom is 0.222 e. The van der Waals surface area contributed by atoms with Gasteiger partial charge in [-0.25, -0.2) is 0 Å². The fourth-order valence-corrected chi connectivity index (χ4v) is 1.44. The molecule has 0 saturated carbocycles. The smallest absolute Gasteiger partial charge is 0.222 e. The Balaban J connectivity index is 2.31. The second kappa shape index (κ2) is 6.43. The number of thiol groups is 1. The number of carbonyl (C=O) groups excluding carboxylic acids is 1. The van der Waals surface area contributed by atoms with Gasteiger partial charge in [-0.3, -0.25) is 4.79 Å². The van der Waals surface area contributed by atoms with Crippen LogP contribution >= 0.6 is 12.6 Å². The van der Waals surface area contributed by atoms with Gasteiger partial charge in [0.15, 0.2) is 0 Å². The van der Waals surface area contributed by atoms with Gasteiger partial charge in [0.05, 0.1) is 0 Å². The molecule has 0 bridgehead atoms. The number of amides is 1. The number of benzene rings is 1. The van der Waals surface area contributed by atoms with Gasteiger partial charge in [-0.05, 0) is 12.1 Å². The zero-order chi connectivity index (χ0) is 12.0. The molecule has 0 aliphatic carbocycles. The predicted octanol–water partition coefficient (Wildman–Crippen LogP) is 2.19. The molecule has 0 spiro atoms. The molecule has 0 saturated heterocycles. The van der Waals surface area contributed by atoms with E-state index >= 15 is 0 Å². The predicted molar refractivity (Wildman–Crippen MR) is 67.8 cm³/mol. The monoisotopic (exact) mass is 239 g/mol. The average Bonchev–Trinajstić information content (AvgIpc) is 2.27. The van der Waals surface area contributed by atoms with Crippen molar-refractivity contribution in [1.29, 1.82) is 0 Å². The summed E-state index contributed by atoms with van der Waals surface area (Å²) < 4.78 is 5.54. The summed E-state index contributed by atoms with van der Waals surface area (Å²) in [5, 5.41) is 0. The molecule has 1 amide bonds. The molecule has 4 heteroatoms. The van der Waals surface area contributed by atoms with E-state index in [4.69, 9.17) is 4.74 Å². The van der Waals surface area contributed by atoms with E-state index in [1.807, 2.05) is 30.3 Å². The summed E-state index contributed by atoms with van der Waals surface area (Å²) in [6.45, 7) is 0. The Morgan fingerprint density at radius 3 is 2.56 bits per heavy atom. The lowest BCUT2D eigenvalue weighted by Crippen LogP contribution is -2.23. The summed E-state index contributed by atoms with van der Waals surface area (Å²) in [7, 11) is 3.49. The van der Waals surface area contributed by atoms with Crippen LogP contribution in [0.5, 0.6) is 5.75 Å². The molecule has 1 rings (SSSR count). The Hall–Kier alpha value is -1.16. The molecule has 88 valence electrons. The number of ether oxygens (including phenoxy) is 1. The summed E-state index contributed by atoms with van der Waals surface area (Å²) >= 11 is 4.29. The lowest BCUT2D eigenvalue weighted by Gasteiger charge is -2.15. The van der Waals surface area contributed by atoms with Gasteiger partial charge in [-0.1, -0.05) is 18.2 Å². The quantitative estimate of drug-likeness (QED) is 0.630. The second-order valence-corrected chi connectivity index (χ2v) is 4.29. The molecule has 0 aliphatic heterocycles. The maximum atomic E-state index is 11.3. The summed E-state index contributed by atoms with van der Waals surface area (Å²) in [5.74, 6) is 0.871. The molecular weight excluding hydrogens is 222 g/mol. The summed E-state index contributed by atoms with van der Waals surface area (Å²) in [6.07, 6.45) is 1.06. The van der Waals surface area contributed by atoms with Crippen LogP contribution in [0.1, 0.15) is 12.8 Å². The van der Waals surface area contributed by atoms with Gasteiger partial charge in [0, 0.05) is 26.9 Å². The van der Waals surface area contributed by atoms with Gasteiger partial charge in [-0.15, -0.1) is 12.6 Å². The molecule has 1 aromatic rings. The largest absolute Gasteiger partial charge is 0.480 e. The Morgan fingerprint density at radius 2 is 2.00 bits per heavy atom. The van der Waals surface area contributed by atoms with Crippen molar-refractivity contribution in [1.82, 2.24) is 4.90 Å². The van der Waals surface area contributed by atoms with E-state index in [1.54, 1.807) is 19.0 Å². The van der Waals surface area contributed by atoms with E-state index in [1.165, 1.54) is 0 Å². The summed E-state index contributed by atoms with van der Waals surface area (Å²) in [6, 6.07) is 9.48. The Kier molecular flexibility index (Phi) is 5.19. The van der Waals surface area contributed by atoms with Crippen LogP contribution in [0.4, 0.5) is 0 Å². The van der Waals surface area contributed by atoms with E-state index in [0.29, 0.717) is 12.8 Å². The molecule has 0 aromatic heterocycles. The minimum absolute atomic E-state index is 0.0933. The normalized spacial score (nSPS) is 11.9. The summed E-state index contributed by atoms with van der Waals surface area (Å²) in [4.78, 5) is 12.9. The zero-order valence-corrected chi connectivity index (χ0v) is 10.5. The molecule has 3 nitrogen and oxygen atoms in total. The van der Waals surface area contributed by atoms with E-state index in [9.17, 15) is 4.79 Å². The number of nitrogens with zero attached hydrogens (tertiary/aromatic N) is 1. The van der Waals surface area contributed by atoms with Crippen molar-refractivity contribution in [3.8, 4) is 5.75 Å². The Bertz CT molecular complexity index is 327. The lowest BCUT2D eigenvalue weighted by molar-refractivity contribution is -0.128. The molecule has 16 heavy (non-hydrogen) atoms. The highest BCUT2D eigenvalue weighted by Gasteiger charge is 2.09. The third kappa shape index (κ3) is 4.57. The zero-order valence-electron chi connectivity index (χ0n) is 9.59. The van der Waals surface area contributed by atoms with E-state index in [-0.39, 0.29) is 11.3 Å². The van der Waals surface area contributed by atoms with Crippen molar-refractivity contribution in [2.75, 3.05) is 14.1 Å². The van der Waals surface area contributed by atoms with Crippen LogP contribution in [0, 0.1) is 0 Å². The van der Waals surface area contributed by atoms with Crippen LogP contribution in [-0.2, 0) is 4.79 Å². The molecule has 0 aliphatic rings. The lowest BCUT2D eigenvalue weighted by atomic mass is 10.3. The van der Waals surface area contributed by atoms with Crippen molar-refractivity contribution in [3.05, 3.63) is 30.3 Å². The van der Waals surface area contributed by atoms with Gasteiger partial charge in [0.2, 0.25) is 5.91 Å². The highest BCUT2D eigenvalue weighted by atomic mass is 32.1. The SMILES string of the molecule is CN(C)C(=O)CCC(S)Oc1ccccc1. The highest BCUT2D eigenvalue weighted by molar-refractivity contribution is 7.80. The first-order valence-corrected chi connectivity index (χ1v) is 5.71. The van der Waals surface area contributed by atoms with Crippen molar-refractivity contribution >= 4 is 18.5 Å². The molecule has 0 N–H and O–H groups in total. The maximum absolute atomic E-state index is 11.3. The minimum Gasteiger partial charge on any atom is -0.480 e. The van der Waals surface area contributed by atoms with Gasteiger partial charge < -0.3 is 9.64 Å². The average molecular weight is 239 g/mol. The molecule has 0 heterocycles. The second-order valence-electron chi connectivity index (χ2n) is 3.71. The van der Waals surface area contributed by atoms with Gasteiger partial charge in [0.1, 0.15) is 11.2 Å². The van der Waals surface area contributed by atoms with Crippen LogP contribution in [-0.4, -0.2) is 30.3 Å². The van der Waals surface area contributed by atoms with Gasteiger partial charge in [-0.2, -0.15) is 0 Å². The topological polar surface area (TPSA) is 29.5 Å². The van der Waals surface area contributed by atoms with Crippen LogP contribution in [0.15, 0.2) is 30.3 Å². The first-order chi connectivity index (χ1) is 7.59. The number of hydrogen-bond acceptors (Lipinski definition) is 3. The first-order valence-electron chi connectivity index (χ1n) is 5.19. The number of carbonyl (C=O) groups is 1. The number of para-hydroxylation sites is 1. The van der Waals surface area contributed by atoms with E-state index in [0.717, 1.165) is 5.75 Å². The Labute approximate surface area is 102 Å². The highest BCUT2D eigenvalue weighted by Crippen LogP contribution is 2.15. The molecule has 1 atom stereocenters. The molecule has 1 unspecified atom stereocenters. The molecule has 0 fully saturated rings. The van der Waals surface area contributed by atoms with E-state index in [2.05, 4.69) is 12.6 Å². The minimum atomic E-state index is -0.244. The van der Waals surface area contributed by atoms with Gasteiger partial charge in [0.25, 0.3) is 0 Å². The molecule has 0 radical (unpaired) electrons. The Morgan fingerprint density at radius 1 is 1.38 bits per heavy atom. The van der Waals surface area contributed by atoms with Crippen molar-refractivity contribution in [2.45, 2.75) is 18.3 Å². The van der Waals surface area contributed by atoms with Crippen molar-refractivity contribution < 1.29 is 9.53 Å². The van der Waals surface area contributed by atoms with Crippen LogP contribution < -0.4 is 4.74 Å². The van der Waals surface area contributed by atoms with Crippen LogP contribution in [0.3, 0.4) is 0 Å². The number of hydrogen-bond donors (Lipinski definition) is 1.